The topological polar surface area (TPSA) is 32.3 Å². The first-order chi connectivity index (χ1) is 8.29. The molecular weight excluding hydrogens is 224 g/mol. The Hall–Kier alpha value is -1.35. The van der Waals surface area contributed by atoms with Gasteiger partial charge in [0.05, 0.1) is 0 Å². The van der Waals surface area contributed by atoms with Crippen LogP contribution in [0.4, 0.5) is 0 Å². The summed E-state index contributed by atoms with van der Waals surface area (Å²) in [4.78, 5) is 14.4. The van der Waals surface area contributed by atoms with E-state index in [-0.39, 0.29) is 17.0 Å². The average Bonchev–Trinajstić information content (AvgIpc) is 2.25. The number of benzene rings is 1. The normalized spacial score (nSPS) is 21.7. The van der Waals surface area contributed by atoms with Crippen LogP contribution in [-0.4, -0.2) is 35.0 Å². The fraction of sp³-hybridized carbons (Fsp3) is 0.533. The van der Waals surface area contributed by atoms with Crippen LogP contribution in [0.2, 0.25) is 0 Å². The predicted octanol–water partition coefficient (Wildman–Crippen LogP) is 2.29. The van der Waals surface area contributed by atoms with Gasteiger partial charge in [0.25, 0.3) is 5.91 Å². The van der Waals surface area contributed by atoms with Gasteiger partial charge < -0.3 is 10.2 Å². The van der Waals surface area contributed by atoms with Crippen molar-refractivity contribution < 1.29 is 4.79 Å². The van der Waals surface area contributed by atoms with Crippen LogP contribution in [0.5, 0.6) is 0 Å². The lowest BCUT2D eigenvalue weighted by Gasteiger charge is -2.48. The molecule has 1 aliphatic heterocycles. The van der Waals surface area contributed by atoms with E-state index in [4.69, 9.17) is 0 Å². The van der Waals surface area contributed by atoms with E-state index in [0.717, 1.165) is 18.7 Å². The van der Waals surface area contributed by atoms with Gasteiger partial charge in [-0.05, 0) is 39.8 Å². The van der Waals surface area contributed by atoms with Crippen molar-refractivity contribution in [1.29, 1.82) is 0 Å². The minimum absolute atomic E-state index is 0.0494. The summed E-state index contributed by atoms with van der Waals surface area (Å²) >= 11 is 0. The summed E-state index contributed by atoms with van der Waals surface area (Å²) < 4.78 is 0. The number of nitrogens with zero attached hydrogens (tertiary/aromatic N) is 1. The number of amides is 1. The quantitative estimate of drug-likeness (QED) is 0.824. The van der Waals surface area contributed by atoms with Gasteiger partial charge in [-0.15, -0.1) is 0 Å². The molecule has 0 aliphatic carbocycles. The third-order valence-corrected chi connectivity index (χ3v) is 3.16. The molecule has 0 spiro atoms. The standard InChI is InChI=1S/C15H22N2O/c1-14(2)10-17(11-15(3,4)16-14)13(18)12-8-6-5-7-9-12/h5-9,16H,10-11H2,1-4H3. The highest BCUT2D eigenvalue weighted by Gasteiger charge is 2.38. The van der Waals surface area contributed by atoms with E-state index in [2.05, 4.69) is 33.0 Å². The SMILES string of the molecule is CC1(C)CN(C(=O)c2ccccc2)CC(C)(C)N1. The summed E-state index contributed by atoms with van der Waals surface area (Å²) in [6, 6.07) is 9.51. The maximum absolute atomic E-state index is 12.5. The zero-order chi connectivity index (χ0) is 13.4. The Morgan fingerprint density at radius 2 is 1.56 bits per heavy atom. The zero-order valence-corrected chi connectivity index (χ0v) is 11.7. The second-order valence-corrected chi connectivity index (χ2v) is 6.42. The second kappa shape index (κ2) is 4.39. The van der Waals surface area contributed by atoms with Gasteiger partial charge in [-0.1, -0.05) is 18.2 Å². The van der Waals surface area contributed by atoms with Gasteiger partial charge in [0.15, 0.2) is 0 Å². The molecule has 1 amide bonds. The molecule has 0 saturated carbocycles. The molecule has 0 bridgehead atoms. The molecule has 2 rings (SSSR count). The molecule has 1 aromatic rings. The Balaban J connectivity index is 2.21. The zero-order valence-electron chi connectivity index (χ0n) is 11.7. The lowest BCUT2D eigenvalue weighted by molar-refractivity contribution is 0.0472. The van der Waals surface area contributed by atoms with Gasteiger partial charge in [0.2, 0.25) is 0 Å². The largest absolute Gasteiger partial charge is 0.335 e. The summed E-state index contributed by atoms with van der Waals surface area (Å²) in [5.41, 5.74) is 0.671. The first kappa shape index (κ1) is 13.1. The first-order valence-corrected chi connectivity index (χ1v) is 6.43. The smallest absolute Gasteiger partial charge is 0.253 e. The Morgan fingerprint density at radius 3 is 2.06 bits per heavy atom. The second-order valence-electron chi connectivity index (χ2n) is 6.42. The van der Waals surface area contributed by atoms with Gasteiger partial charge in [-0.2, -0.15) is 0 Å². The average molecular weight is 246 g/mol. The molecule has 1 heterocycles. The molecule has 0 aromatic heterocycles. The van der Waals surface area contributed by atoms with E-state index in [1.165, 1.54) is 0 Å². The Kier molecular flexibility index (Phi) is 3.20. The summed E-state index contributed by atoms with van der Waals surface area (Å²) in [6.45, 7) is 10.0. The number of nitrogens with one attached hydrogen (secondary N) is 1. The van der Waals surface area contributed by atoms with Crippen LogP contribution in [0.15, 0.2) is 30.3 Å². The molecule has 0 radical (unpaired) electrons. The molecule has 18 heavy (non-hydrogen) atoms. The third kappa shape index (κ3) is 2.91. The summed E-state index contributed by atoms with van der Waals surface area (Å²) in [6.07, 6.45) is 0. The molecule has 3 heteroatoms. The lowest BCUT2D eigenvalue weighted by Crippen LogP contribution is -2.67. The minimum Gasteiger partial charge on any atom is -0.335 e. The predicted molar refractivity (Wildman–Crippen MR) is 73.6 cm³/mol. The molecule has 1 fully saturated rings. The van der Waals surface area contributed by atoms with E-state index in [9.17, 15) is 4.79 Å². The minimum atomic E-state index is -0.0494. The van der Waals surface area contributed by atoms with Crippen LogP contribution in [0, 0.1) is 0 Å². The fourth-order valence-electron chi connectivity index (χ4n) is 2.91. The highest BCUT2D eigenvalue weighted by atomic mass is 16.2. The summed E-state index contributed by atoms with van der Waals surface area (Å²) in [7, 11) is 0. The third-order valence-electron chi connectivity index (χ3n) is 3.16. The van der Waals surface area contributed by atoms with E-state index >= 15 is 0 Å². The van der Waals surface area contributed by atoms with Crippen molar-refractivity contribution in [3.8, 4) is 0 Å². The highest BCUT2D eigenvalue weighted by molar-refractivity contribution is 5.94. The Labute approximate surface area is 109 Å². The Morgan fingerprint density at radius 1 is 1.06 bits per heavy atom. The summed E-state index contributed by atoms with van der Waals surface area (Å²) in [5, 5.41) is 3.57. The van der Waals surface area contributed by atoms with Crippen molar-refractivity contribution in [3.05, 3.63) is 35.9 Å². The van der Waals surface area contributed by atoms with Gasteiger partial charge in [-0.25, -0.2) is 0 Å². The fourth-order valence-corrected chi connectivity index (χ4v) is 2.91. The van der Waals surface area contributed by atoms with Crippen molar-refractivity contribution in [3.63, 3.8) is 0 Å². The highest BCUT2D eigenvalue weighted by Crippen LogP contribution is 2.22. The van der Waals surface area contributed by atoms with E-state index in [1.54, 1.807) is 0 Å². The van der Waals surface area contributed by atoms with Gasteiger partial charge in [0.1, 0.15) is 0 Å². The number of piperazine rings is 1. The molecule has 3 nitrogen and oxygen atoms in total. The maximum Gasteiger partial charge on any atom is 0.253 e. The maximum atomic E-state index is 12.5. The van der Waals surface area contributed by atoms with Crippen molar-refractivity contribution in [2.45, 2.75) is 38.8 Å². The van der Waals surface area contributed by atoms with Crippen LogP contribution >= 0.6 is 0 Å². The van der Waals surface area contributed by atoms with Crippen LogP contribution in [0.25, 0.3) is 0 Å². The number of hydrogen-bond donors (Lipinski definition) is 1. The Bertz CT molecular complexity index is 421. The van der Waals surface area contributed by atoms with Crippen molar-refractivity contribution >= 4 is 5.91 Å². The summed E-state index contributed by atoms with van der Waals surface area (Å²) in [5.74, 6) is 0.123. The van der Waals surface area contributed by atoms with Gasteiger partial charge >= 0.3 is 0 Å². The number of carbonyl (C=O) groups is 1. The number of hydrogen-bond acceptors (Lipinski definition) is 2. The molecular formula is C15H22N2O. The molecule has 1 N–H and O–H groups in total. The lowest BCUT2D eigenvalue weighted by atomic mass is 9.91. The molecule has 1 aliphatic rings. The number of carbonyl (C=O) groups excluding carboxylic acids is 1. The van der Waals surface area contributed by atoms with E-state index < -0.39 is 0 Å². The van der Waals surface area contributed by atoms with Crippen LogP contribution in [-0.2, 0) is 0 Å². The van der Waals surface area contributed by atoms with Crippen LogP contribution in [0.1, 0.15) is 38.1 Å². The molecule has 1 aromatic carbocycles. The van der Waals surface area contributed by atoms with E-state index in [1.807, 2.05) is 35.2 Å². The number of rotatable bonds is 1. The molecule has 98 valence electrons. The van der Waals surface area contributed by atoms with Crippen molar-refractivity contribution in [1.82, 2.24) is 10.2 Å². The van der Waals surface area contributed by atoms with Gasteiger partial charge in [0, 0.05) is 29.7 Å². The van der Waals surface area contributed by atoms with Crippen molar-refractivity contribution in [2.24, 2.45) is 0 Å². The molecule has 0 atom stereocenters. The van der Waals surface area contributed by atoms with Crippen LogP contribution in [0.3, 0.4) is 0 Å². The molecule has 0 unspecified atom stereocenters. The van der Waals surface area contributed by atoms with Crippen molar-refractivity contribution in [2.75, 3.05) is 13.1 Å². The molecule has 1 saturated heterocycles. The first-order valence-electron chi connectivity index (χ1n) is 6.43. The van der Waals surface area contributed by atoms with E-state index in [0.29, 0.717) is 0 Å². The van der Waals surface area contributed by atoms with Gasteiger partial charge in [-0.3, -0.25) is 4.79 Å². The monoisotopic (exact) mass is 246 g/mol. The van der Waals surface area contributed by atoms with Crippen LogP contribution < -0.4 is 5.32 Å².